The fourth-order valence-electron chi connectivity index (χ4n) is 0.928. The lowest BCUT2D eigenvalue weighted by molar-refractivity contribution is -0.141. The van der Waals surface area contributed by atoms with Crippen molar-refractivity contribution in [2.24, 2.45) is 0 Å². The van der Waals surface area contributed by atoms with E-state index < -0.39 is 21.9 Å². The second kappa shape index (κ2) is 8.21. The SMILES string of the molecule is C=CC(=O)OCC(O)COCCCS(C)(=O)=O. The van der Waals surface area contributed by atoms with E-state index >= 15 is 0 Å². The number of hydrogen-bond acceptors (Lipinski definition) is 6. The summed E-state index contributed by atoms with van der Waals surface area (Å²) in [5.41, 5.74) is 0. The van der Waals surface area contributed by atoms with Gasteiger partial charge in [0.05, 0.1) is 12.4 Å². The molecule has 0 saturated heterocycles. The molecule has 0 spiro atoms. The first kappa shape index (κ1) is 16.1. The number of aliphatic hydroxyl groups is 1. The van der Waals surface area contributed by atoms with Crippen molar-refractivity contribution >= 4 is 15.8 Å². The highest BCUT2D eigenvalue weighted by Crippen LogP contribution is 1.93. The van der Waals surface area contributed by atoms with Gasteiger partial charge in [-0.3, -0.25) is 0 Å². The maximum atomic E-state index is 10.8. The van der Waals surface area contributed by atoms with Crippen LogP contribution in [0.25, 0.3) is 0 Å². The summed E-state index contributed by atoms with van der Waals surface area (Å²) in [6.07, 6.45) is 1.60. The molecule has 0 rings (SSSR count). The van der Waals surface area contributed by atoms with Crippen molar-refractivity contribution < 1.29 is 27.8 Å². The predicted molar refractivity (Wildman–Crippen MR) is 62.3 cm³/mol. The van der Waals surface area contributed by atoms with Gasteiger partial charge in [-0.15, -0.1) is 0 Å². The lowest BCUT2D eigenvalue weighted by Crippen LogP contribution is -2.23. The van der Waals surface area contributed by atoms with Gasteiger partial charge in [0.2, 0.25) is 0 Å². The molecule has 0 heterocycles. The quantitative estimate of drug-likeness (QED) is 0.345. The summed E-state index contributed by atoms with van der Waals surface area (Å²) in [4.78, 5) is 10.6. The van der Waals surface area contributed by atoms with Crippen molar-refractivity contribution in [1.29, 1.82) is 0 Å². The molecule has 0 aliphatic rings. The Morgan fingerprint density at radius 1 is 1.47 bits per heavy atom. The van der Waals surface area contributed by atoms with Crippen LogP contribution in [0.2, 0.25) is 0 Å². The van der Waals surface area contributed by atoms with Crippen molar-refractivity contribution in [2.45, 2.75) is 12.5 Å². The van der Waals surface area contributed by atoms with Crippen LogP contribution in [0.1, 0.15) is 6.42 Å². The van der Waals surface area contributed by atoms with Gasteiger partial charge in [0.15, 0.2) is 0 Å². The normalized spacial score (nSPS) is 13.1. The number of ether oxygens (including phenoxy) is 2. The van der Waals surface area contributed by atoms with E-state index in [1.54, 1.807) is 0 Å². The average molecular weight is 266 g/mol. The van der Waals surface area contributed by atoms with Crippen molar-refractivity contribution in [1.82, 2.24) is 0 Å². The Hall–Kier alpha value is -0.920. The van der Waals surface area contributed by atoms with Crippen LogP contribution >= 0.6 is 0 Å². The van der Waals surface area contributed by atoms with E-state index in [9.17, 15) is 18.3 Å². The van der Waals surface area contributed by atoms with Crippen LogP contribution in [0.3, 0.4) is 0 Å². The zero-order valence-corrected chi connectivity index (χ0v) is 10.6. The first-order valence-corrected chi connectivity index (χ1v) is 7.14. The second-order valence-corrected chi connectivity index (χ2v) is 5.81. The van der Waals surface area contributed by atoms with Gasteiger partial charge in [-0.2, -0.15) is 0 Å². The van der Waals surface area contributed by atoms with Gasteiger partial charge in [0.25, 0.3) is 0 Å². The summed E-state index contributed by atoms with van der Waals surface area (Å²) in [5.74, 6) is -0.560. The molecular formula is C10H18O6S. The van der Waals surface area contributed by atoms with Crippen molar-refractivity contribution in [3.8, 4) is 0 Å². The van der Waals surface area contributed by atoms with Gasteiger partial charge in [-0.25, -0.2) is 13.2 Å². The second-order valence-electron chi connectivity index (χ2n) is 3.55. The number of aliphatic hydroxyl groups excluding tert-OH is 1. The van der Waals surface area contributed by atoms with Gasteiger partial charge in [0.1, 0.15) is 22.5 Å². The smallest absolute Gasteiger partial charge is 0.330 e. The largest absolute Gasteiger partial charge is 0.460 e. The Morgan fingerprint density at radius 2 is 2.12 bits per heavy atom. The number of carbonyl (C=O) groups is 1. The topological polar surface area (TPSA) is 89.9 Å². The number of esters is 1. The molecule has 0 aliphatic heterocycles. The molecule has 0 saturated carbocycles. The third-order valence-electron chi connectivity index (χ3n) is 1.70. The van der Waals surface area contributed by atoms with Crippen LogP contribution in [0, 0.1) is 0 Å². The van der Waals surface area contributed by atoms with E-state index in [1.165, 1.54) is 0 Å². The summed E-state index contributed by atoms with van der Waals surface area (Å²) < 4.78 is 31.1. The third-order valence-corrected chi connectivity index (χ3v) is 2.73. The molecule has 0 aromatic heterocycles. The molecule has 0 aromatic carbocycles. The molecule has 0 bridgehead atoms. The Kier molecular flexibility index (Phi) is 7.77. The average Bonchev–Trinajstić information content (AvgIpc) is 2.23. The highest BCUT2D eigenvalue weighted by atomic mass is 32.2. The van der Waals surface area contributed by atoms with Gasteiger partial charge in [-0.05, 0) is 6.42 Å². The first-order chi connectivity index (χ1) is 7.85. The molecular weight excluding hydrogens is 248 g/mol. The molecule has 0 aliphatic carbocycles. The summed E-state index contributed by atoms with van der Waals surface area (Å²) in [5, 5.41) is 9.30. The molecule has 7 heteroatoms. The lowest BCUT2D eigenvalue weighted by atomic mass is 10.4. The van der Waals surface area contributed by atoms with Crippen molar-refractivity contribution in [3.63, 3.8) is 0 Å². The molecule has 100 valence electrons. The summed E-state index contributed by atoms with van der Waals surface area (Å²) in [6.45, 7) is 3.26. The molecule has 0 fully saturated rings. The number of rotatable bonds is 9. The van der Waals surface area contributed by atoms with Crippen LogP contribution in [-0.2, 0) is 24.1 Å². The van der Waals surface area contributed by atoms with E-state index in [0.717, 1.165) is 12.3 Å². The minimum absolute atomic E-state index is 0.00577. The minimum Gasteiger partial charge on any atom is -0.460 e. The van der Waals surface area contributed by atoms with Crippen LogP contribution in [0.4, 0.5) is 0 Å². The lowest BCUT2D eigenvalue weighted by Gasteiger charge is -2.10. The van der Waals surface area contributed by atoms with Gasteiger partial charge in [0, 0.05) is 18.9 Å². The molecule has 0 aromatic rings. The summed E-state index contributed by atoms with van der Waals surface area (Å²) >= 11 is 0. The van der Waals surface area contributed by atoms with Crippen molar-refractivity contribution in [3.05, 3.63) is 12.7 Å². The zero-order valence-electron chi connectivity index (χ0n) is 9.79. The molecule has 1 atom stereocenters. The Bertz CT molecular complexity index is 335. The zero-order chi connectivity index (χ0) is 13.3. The molecule has 1 N–H and O–H groups in total. The van der Waals surface area contributed by atoms with Crippen LogP contribution in [0.15, 0.2) is 12.7 Å². The van der Waals surface area contributed by atoms with Crippen molar-refractivity contribution in [2.75, 3.05) is 31.8 Å². The number of sulfone groups is 1. The first-order valence-electron chi connectivity index (χ1n) is 5.08. The van der Waals surface area contributed by atoms with E-state index in [2.05, 4.69) is 11.3 Å². The Labute approximate surface area is 101 Å². The standard InChI is InChI=1S/C10H18O6S/c1-3-10(12)16-8-9(11)7-15-5-4-6-17(2,13)14/h3,9,11H,1,4-8H2,2H3. The molecule has 17 heavy (non-hydrogen) atoms. The number of hydrogen-bond donors (Lipinski definition) is 1. The molecule has 6 nitrogen and oxygen atoms in total. The highest BCUT2D eigenvalue weighted by Gasteiger charge is 2.07. The maximum absolute atomic E-state index is 10.8. The van der Waals surface area contributed by atoms with Gasteiger partial charge < -0.3 is 14.6 Å². The van der Waals surface area contributed by atoms with Crippen LogP contribution in [0.5, 0.6) is 0 Å². The van der Waals surface area contributed by atoms with E-state index in [1.807, 2.05) is 0 Å². The van der Waals surface area contributed by atoms with E-state index in [4.69, 9.17) is 4.74 Å². The summed E-state index contributed by atoms with van der Waals surface area (Å²) in [7, 11) is -2.97. The minimum atomic E-state index is -2.97. The van der Waals surface area contributed by atoms with Gasteiger partial charge >= 0.3 is 5.97 Å². The fraction of sp³-hybridized carbons (Fsp3) is 0.700. The predicted octanol–water partition coefficient (Wildman–Crippen LogP) is -0.472. The van der Waals surface area contributed by atoms with Crippen LogP contribution < -0.4 is 0 Å². The Balaban J connectivity index is 3.48. The maximum Gasteiger partial charge on any atom is 0.330 e. The molecule has 0 amide bonds. The molecule has 1 unspecified atom stereocenters. The molecule has 0 radical (unpaired) electrons. The Morgan fingerprint density at radius 3 is 2.65 bits per heavy atom. The van der Waals surface area contributed by atoms with E-state index in [-0.39, 0.29) is 25.6 Å². The van der Waals surface area contributed by atoms with Crippen LogP contribution in [-0.4, -0.2) is 57.4 Å². The number of carbonyl (C=O) groups excluding carboxylic acids is 1. The highest BCUT2D eigenvalue weighted by molar-refractivity contribution is 7.90. The van der Waals surface area contributed by atoms with Gasteiger partial charge in [-0.1, -0.05) is 6.58 Å². The monoisotopic (exact) mass is 266 g/mol. The third kappa shape index (κ3) is 11.3. The van der Waals surface area contributed by atoms with E-state index in [0.29, 0.717) is 6.42 Å². The fourth-order valence-corrected chi connectivity index (χ4v) is 1.57. The summed E-state index contributed by atoms with van der Waals surface area (Å²) in [6, 6.07) is 0.